The molecule has 0 aromatic carbocycles. The number of hydrogen-bond donors (Lipinski definition) is 1. The SMILES string of the molecule is COC(=O)[C@@H]1C[C@@H](C[C@@H](C#N)NC(=O)[C@@H]2C[C@@H](C(C)C)CN2C(=O)OC(C)(C)C)C(=O)N1C(=O)OC(C)(C)C. The molecular formula is C27H42N4O8. The van der Waals surface area contributed by atoms with Crippen LogP contribution in [0.2, 0.25) is 0 Å². The second-order valence-electron chi connectivity index (χ2n) is 12.5. The van der Waals surface area contributed by atoms with Gasteiger partial charge in [-0.3, -0.25) is 14.5 Å². The average Bonchev–Trinajstić information content (AvgIpc) is 3.38. The van der Waals surface area contributed by atoms with Crippen LogP contribution in [0.3, 0.4) is 0 Å². The Labute approximate surface area is 230 Å². The number of imide groups is 1. The summed E-state index contributed by atoms with van der Waals surface area (Å²) in [6, 6.07) is -1.17. The summed E-state index contributed by atoms with van der Waals surface area (Å²) in [5, 5.41) is 12.5. The van der Waals surface area contributed by atoms with Gasteiger partial charge in [0.1, 0.15) is 29.3 Å². The van der Waals surface area contributed by atoms with Gasteiger partial charge in [-0.25, -0.2) is 19.3 Å². The first kappa shape index (κ1) is 31.9. The molecule has 0 aromatic rings. The van der Waals surface area contributed by atoms with Crippen molar-refractivity contribution in [1.82, 2.24) is 15.1 Å². The second-order valence-corrected chi connectivity index (χ2v) is 12.5. The number of nitrogens with one attached hydrogen (secondary N) is 1. The zero-order valence-corrected chi connectivity index (χ0v) is 24.4. The molecule has 0 saturated carbocycles. The number of carbonyl (C=O) groups excluding carboxylic acids is 5. The quantitative estimate of drug-likeness (QED) is 0.388. The number of rotatable bonds is 6. The lowest BCUT2D eigenvalue weighted by molar-refractivity contribution is -0.148. The van der Waals surface area contributed by atoms with Crippen LogP contribution in [-0.4, -0.2) is 82.8 Å². The first-order valence-corrected chi connectivity index (χ1v) is 13.2. The van der Waals surface area contributed by atoms with Crippen LogP contribution < -0.4 is 5.32 Å². The summed E-state index contributed by atoms with van der Waals surface area (Å²) >= 11 is 0. The van der Waals surface area contributed by atoms with Crippen LogP contribution in [0.5, 0.6) is 0 Å². The van der Waals surface area contributed by atoms with Gasteiger partial charge in [-0.05, 0) is 72.6 Å². The molecule has 0 unspecified atom stereocenters. The lowest BCUT2D eigenvalue weighted by Gasteiger charge is -2.28. The molecule has 12 heteroatoms. The third-order valence-corrected chi connectivity index (χ3v) is 6.67. The van der Waals surface area contributed by atoms with E-state index in [-0.39, 0.29) is 24.7 Å². The van der Waals surface area contributed by atoms with E-state index in [1.54, 1.807) is 41.5 Å². The molecule has 2 aliphatic heterocycles. The van der Waals surface area contributed by atoms with Gasteiger partial charge in [0.05, 0.1) is 13.2 Å². The summed E-state index contributed by atoms with van der Waals surface area (Å²) < 4.78 is 15.6. The van der Waals surface area contributed by atoms with Crippen LogP contribution in [0.25, 0.3) is 0 Å². The number of nitriles is 1. The third-order valence-electron chi connectivity index (χ3n) is 6.67. The van der Waals surface area contributed by atoms with Crippen molar-refractivity contribution in [2.75, 3.05) is 13.7 Å². The van der Waals surface area contributed by atoms with Gasteiger partial charge < -0.3 is 19.5 Å². The first-order chi connectivity index (χ1) is 17.9. The third kappa shape index (κ3) is 8.31. The minimum Gasteiger partial charge on any atom is -0.467 e. The Kier molecular flexibility index (Phi) is 9.98. The van der Waals surface area contributed by atoms with E-state index in [0.717, 1.165) is 12.0 Å². The van der Waals surface area contributed by atoms with Crippen LogP contribution >= 0.6 is 0 Å². The normalized spacial score (nSPS) is 24.3. The van der Waals surface area contributed by atoms with Crippen molar-refractivity contribution in [2.45, 2.75) is 104 Å². The summed E-state index contributed by atoms with van der Waals surface area (Å²) in [5.41, 5.74) is -1.66. The van der Waals surface area contributed by atoms with Crippen molar-refractivity contribution >= 4 is 30.0 Å². The minimum atomic E-state index is -1.21. The molecule has 2 rings (SSSR count). The molecule has 0 aliphatic carbocycles. The predicted octanol–water partition coefficient (Wildman–Crippen LogP) is 2.99. The molecule has 0 radical (unpaired) electrons. The number of ether oxygens (including phenoxy) is 3. The van der Waals surface area contributed by atoms with Gasteiger partial charge in [0.15, 0.2) is 0 Å². The van der Waals surface area contributed by atoms with Gasteiger partial charge in [0.25, 0.3) is 0 Å². The molecular weight excluding hydrogens is 508 g/mol. The van der Waals surface area contributed by atoms with E-state index in [4.69, 9.17) is 14.2 Å². The van der Waals surface area contributed by atoms with Crippen LogP contribution in [-0.2, 0) is 28.6 Å². The number of amides is 4. The Hall–Kier alpha value is -3.36. The topological polar surface area (TPSA) is 155 Å². The molecule has 12 nitrogen and oxygen atoms in total. The molecule has 2 heterocycles. The van der Waals surface area contributed by atoms with E-state index in [9.17, 15) is 29.2 Å². The van der Waals surface area contributed by atoms with Crippen molar-refractivity contribution in [3.8, 4) is 6.07 Å². The highest BCUT2D eigenvalue weighted by molar-refractivity contribution is 6.00. The van der Waals surface area contributed by atoms with Crippen LogP contribution in [0.4, 0.5) is 9.59 Å². The van der Waals surface area contributed by atoms with Crippen LogP contribution in [0, 0.1) is 29.1 Å². The molecule has 5 atom stereocenters. The Morgan fingerprint density at radius 1 is 1.00 bits per heavy atom. The maximum Gasteiger partial charge on any atom is 0.417 e. The van der Waals surface area contributed by atoms with E-state index in [0.29, 0.717) is 13.0 Å². The Morgan fingerprint density at radius 2 is 1.56 bits per heavy atom. The maximum atomic E-state index is 13.3. The number of hydrogen-bond acceptors (Lipinski definition) is 9. The van der Waals surface area contributed by atoms with Crippen molar-refractivity contribution < 1.29 is 38.2 Å². The van der Waals surface area contributed by atoms with Crippen LogP contribution in [0.1, 0.15) is 74.7 Å². The Morgan fingerprint density at radius 3 is 2.05 bits per heavy atom. The summed E-state index contributed by atoms with van der Waals surface area (Å²) in [6.45, 7) is 14.5. The fourth-order valence-corrected chi connectivity index (χ4v) is 4.71. The highest BCUT2D eigenvalue weighted by Gasteiger charge is 2.50. The number of likely N-dealkylation sites (tertiary alicyclic amines) is 2. The fourth-order valence-electron chi connectivity index (χ4n) is 4.71. The molecule has 2 saturated heterocycles. The average molecular weight is 551 g/mol. The van der Waals surface area contributed by atoms with Gasteiger partial charge in [-0.15, -0.1) is 0 Å². The largest absolute Gasteiger partial charge is 0.467 e. The molecule has 218 valence electrons. The van der Waals surface area contributed by atoms with E-state index in [1.807, 2.05) is 19.9 Å². The summed E-state index contributed by atoms with van der Waals surface area (Å²) in [7, 11) is 1.15. The Bertz CT molecular complexity index is 1010. The van der Waals surface area contributed by atoms with Gasteiger partial charge in [0, 0.05) is 12.5 Å². The summed E-state index contributed by atoms with van der Waals surface area (Å²) in [6.07, 6.45) is -1.41. The van der Waals surface area contributed by atoms with E-state index in [1.165, 1.54) is 4.90 Å². The van der Waals surface area contributed by atoms with Gasteiger partial charge in [-0.2, -0.15) is 5.26 Å². The Balaban J connectivity index is 2.19. The van der Waals surface area contributed by atoms with Gasteiger partial charge >= 0.3 is 18.2 Å². The second kappa shape index (κ2) is 12.2. The monoisotopic (exact) mass is 550 g/mol. The minimum absolute atomic E-state index is 0.0633. The summed E-state index contributed by atoms with van der Waals surface area (Å²) in [5.74, 6) is -2.65. The van der Waals surface area contributed by atoms with E-state index in [2.05, 4.69) is 5.32 Å². The fraction of sp³-hybridized carbons (Fsp3) is 0.778. The van der Waals surface area contributed by atoms with Crippen molar-refractivity contribution in [2.24, 2.45) is 17.8 Å². The van der Waals surface area contributed by atoms with Crippen molar-refractivity contribution in [3.05, 3.63) is 0 Å². The van der Waals surface area contributed by atoms with Crippen molar-refractivity contribution in [3.63, 3.8) is 0 Å². The highest BCUT2D eigenvalue weighted by atomic mass is 16.6. The molecule has 4 amide bonds. The number of methoxy groups -OCH3 is 1. The number of carbonyl (C=O) groups is 5. The standard InChI is InChI=1S/C27H42N4O8/c1-15(2)17-12-19(30(14-17)24(35)38-26(3,4)5)21(32)29-18(13-28)10-16-11-20(23(34)37-9)31(22(16)33)25(36)39-27(6,7)8/h15-20H,10-12,14H2,1-9H3,(H,29,32)/t16-,17-,18+,19+,20+/m1/s1. The molecule has 39 heavy (non-hydrogen) atoms. The maximum absolute atomic E-state index is 13.3. The number of esters is 1. The first-order valence-electron chi connectivity index (χ1n) is 13.2. The van der Waals surface area contributed by atoms with Gasteiger partial charge in [-0.1, -0.05) is 13.8 Å². The van der Waals surface area contributed by atoms with Crippen molar-refractivity contribution in [1.29, 1.82) is 5.26 Å². The predicted molar refractivity (Wildman–Crippen MR) is 139 cm³/mol. The smallest absolute Gasteiger partial charge is 0.417 e. The highest BCUT2D eigenvalue weighted by Crippen LogP contribution is 2.33. The zero-order valence-electron chi connectivity index (χ0n) is 24.4. The van der Waals surface area contributed by atoms with E-state index >= 15 is 0 Å². The molecule has 2 fully saturated rings. The molecule has 1 N–H and O–H groups in total. The molecule has 0 aromatic heterocycles. The molecule has 2 aliphatic rings. The van der Waals surface area contributed by atoms with Gasteiger partial charge in [0.2, 0.25) is 11.8 Å². The molecule has 0 spiro atoms. The van der Waals surface area contributed by atoms with E-state index < -0.39 is 65.2 Å². The van der Waals surface area contributed by atoms with Crippen LogP contribution in [0.15, 0.2) is 0 Å². The zero-order chi connectivity index (χ0) is 29.9. The molecule has 0 bridgehead atoms. The lowest BCUT2D eigenvalue weighted by atomic mass is 9.93. The summed E-state index contributed by atoms with van der Waals surface area (Å²) in [4.78, 5) is 66.6. The lowest BCUT2D eigenvalue weighted by Crippen LogP contribution is -2.50. The number of nitrogens with zero attached hydrogens (tertiary/aromatic N) is 3.